The van der Waals surface area contributed by atoms with Crippen molar-refractivity contribution >= 4 is 40.3 Å². The zero-order valence-corrected chi connectivity index (χ0v) is 11.1. The molecule has 96 valence electrons. The fraction of sp³-hybridized carbons (Fsp3) is 0. The lowest BCUT2D eigenvalue weighted by Gasteiger charge is -2.10. The molecule has 0 heterocycles. The topological polar surface area (TPSA) is 61.8 Å². The third-order valence-electron chi connectivity index (χ3n) is 2.43. The first-order chi connectivity index (χ1) is 9.01. The van der Waals surface area contributed by atoms with E-state index in [0.717, 1.165) is 0 Å². The average molecular weight is 296 g/mol. The summed E-state index contributed by atoms with van der Waals surface area (Å²) in [6, 6.07) is 9.63. The number of rotatable bonds is 2. The fourth-order valence-electron chi connectivity index (χ4n) is 1.55. The molecule has 0 saturated heterocycles. The van der Waals surface area contributed by atoms with E-state index in [1.165, 1.54) is 18.2 Å². The standard InChI is InChI=1S/C13H8Cl2FN3/c14-10-4-9(5-11(15)13(10)16)19-12-2-1-8(18)3-7(12)6-17/h1-5,19H,18H2. The first-order valence-electron chi connectivity index (χ1n) is 5.22. The summed E-state index contributed by atoms with van der Waals surface area (Å²) < 4.78 is 13.3. The van der Waals surface area contributed by atoms with Gasteiger partial charge in [0.15, 0.2) is 5.82 Å². The van der Waals surface area contributed by atoms with Gasteiger partial charge in [-0.1, -0.05) is 23.2 Å². The maximum Gasteiger partial charge on any atom is 0.160 e. The van der Waals surface area contributed by atoms with Crippen LogP contribution in [0.2, 0.25) is 10.0 Å². The number of benzene rings is 2. The second kappa shape index (κ2) is 5.35. The van der Waals surface area contributed by atoms with Crippen molar-refractivity contribution < 1.29 is 4.39 Å². The highest BCUT2D eigenvalue weighted by molar-refractivity contribution is 6.35. The molecule has 0 amide bonds. The summed E-state index contributed by atoms with van der Waals surface area (Å²) in [5.74, 6) is -0.674. The maximum atomic E-state index is 13.3. The van der Waals surface area contributed by atoms with Crippen LogP contribution in [0.25, 0.3) is 0 Å². The van der Waals surface area contributed by atoms with Gasteiger partial charge >= 0.3 is 0 Å². The molecule has 0 spiro atoms. The molecular formula is C13H8Cl2FN3. The smallest absolute Gasteiger partial charge is 0.160 e. The zero-order valence-electron chi connectivity index (χ0n) is 9.55. The monoisotopic (exact) mass is 295 g/mol. The van der Waals surface area contributed by atoms with Crippen molar-refractivity contribution in [1.82, 2.24) is 0 Å². The van der Waals surface area contributed by atoms with Gasteiger partial charge in [-0.2, -0.15) is 5.26 Å². The van der Waals surface area contributed by atoms with Crippen LogP contribution in [0.4, 0.5) is 21.5 Å². The van der Waals surface area contributed by atoms with Gasteiger partial charge in [-0.3, -0.25) is 0 Å². The lowest BCUT2D eigenvalue weighted by molar-refractivity contribution is 0.629. The van der Waals surface area contributed by atoms with Gasteiger partial charge in [0.25, 0.3) is 0 Å². The molecule has 3 nitrogen and oxygen atoms in total. The first-order valence-corrected chi connectivity index (χ1v) is 5.98. The lowest BCUT2D eigenvalue weighted by atomic mass is 10.1. The normalized spacial score (nSPS) is 10.0. The molecule has 0 aliphatic heterocycles. The van der Waals surface area contributed by atoms with E-state index in [2.05, 4.69) is 5.32 Å². The van der Waals surface area contributed by atoms with Gasteiger partial charge in [-0.05, 0) is 30.3 Å². The Kier molecular flexibility index (Phi) is 3.79. The molecule has 0 radical (unpaired) electrons. The summed E-state index contributed by atoms with van der Waals surface area (Å²) in [7, 11) is 0. The van der Waals surface area contributed by atoms with Crippen LogP contribution >= 0.6 is 23.2 Å². The van der Waals surface area contributed by atoms with Gasteiger partial charge in [-0.15, -0.1) is 0 Å². The SMILES string of the molecule is N#Cc1cc(N)ccc1Nc1cc(Cl)c(F)c(Cl)c1. The molecule has 3 N–H and O–H groups in total. The number of nitrogen functional groups attached to an aromatic ring is 1. The molecule has 0 aliphatic carbocycles. The van der Waals surface area contributed by atoms with Gasteiger partial charge in [0, 0.05) is 11.4 Å². The molecule has 0 aliphatic rings. The molecule has 0 aromatic heterocycles. The Bertz CT molecular complexity index is 657. The van der Waals surface area contributed by atoms with Crippen molar-refractivity contribution in [2.75, 3.05) is 11.1 Å². The molecule has 19 heavy (non-hydrogen) atoms. The minimum atomic E-state index is -0.674. The highest BCUT2D eigenvalue weighted by Crippen LogP contribution is 2.30. The van der Waals surface area contributed by atoms with E-state index >= 15 is 0 Å². The molecule has 6 heteroatoms. The molecule has 0 bridgehead atoms. The summed E-state index contributed by atoms with van der Waals surface area (Å²) in [5, 5.41) is 11.8. The van der Waals surface area contributed by atoms with Crippen molar-refractivity contribution in [2.24, 2.45) is 0 Å². The molecule has 2 aromatic rings. The fourth-order valence-corrected chi connectivity index (χ4v) is 2.03. The van der Waals surface area contributed by atoms with Crippen LogP contribution in [0, 0.1) is 17.1 Å². The van der Waals surface area contributed by atoms with Gasteiger partial charge < -0.3 is 11.1 Å². The summed E-state index contributed by atoms with van der Waals surface area (Å²) in [5.41, 5.74) is 7.47. The summed E-state index contributed by atoms with van der Waals surface area (Å²) in [6.07, 6.45) is 0. The number of nitriles is 1. The van der Waals surface area contributed by atoms with E-state index in [1.807, 2.05) is 6.07 Å². The van der Waals surface area contributed by atoms with Crippen molar-refractivity contribution in [3.8, 4) is 6.07 Å². The molecular weight excluding hydrogens is 288 g/mol. The maximum absolute atomic E-state index is 13.3. The van der Waals surface area contributed by atoms with E-state index < -0.39 is 5.82 Å². The molecule has 2 rings (SSSR count). The second-order valence-corrected chi connectivity index (χ2v) is 4.61. The molecule has 0 atom stereocenters. The summed E-state index contributed by atoms with van der Waals surface area (Å²) in [4.78, 5) is 0. The quantitative estimate of drug-likeness (QED) is 0.640. The number of nitrogens with one attached hydrogen (secondary N) is 1. The number of hydrogen-bond acceptors (Lipinski definition) is 3. The third kappa shape index (κ3) is 2.90. The first kappa shape index (κ1) is 13.5. The number of anilines is 3. The number of nitrogens with two attached hydrogens (primary N) is 1. The Balaban J connectivity index is 2.40. The Morgan fingerprint density at radius 2 is 1.79 bits per heavy atom. The van der Waals surface area contributed by atoms with Gasteiger partial charge in [0.1, 0.15) is 6.07 Å². The van der Waals surface area contributed by atoms with Gasteiger partial charge in [0.2, 0.25) is 0 Å². The van der Waals surface area contributed by atoms with E-state index in [1.54, 1.807) is 12.1 Å². The summed E-state index contributed by atoms with van der Waals surface area (Å²) in [6.45, 7) is 0. The van der Waals surface area contributed by atoms with Crippen molar-refractivity contribution in [3.05, 3.63) is 51.8 Å². The average Bonchev–Trinajstić information content (AvgIpc) is 2.38. The van der Waals surface area contributed by atoms with E-state index in [-0.39, 0.29) is 10.0 Å². The minimum Gasteiger partial charge on any atom is -0.399 e. The van der Waals surface area contributed by atoms with Crippen LogP contribution in [0.15, 0.2) is 30.3 Å². The number of nitrogens with zero attached hydrogens (tertiary/aromatic N) is 1. The molecule has 0 fully saturated rings. The van der Waals surface area contributed by atoms with E-state index in [9.17, 15) is 4.39 Å². The van der Waals surface area contributed by atoms with Crippen molar-refractivity contribution in [3.63, 3.8) is 0 Å². The van der Waals surface area contributed by atoms with E-state index in [0.29, 0.717) is 22.6 Å². The summed E-state index contributed by atoms with van der Waals surface area (Å²) >= 11 is 11.4. The highest BCUT2D eigenvalue weighted by atomic mass is 35.5. The van der Waals surface area contributed by atoms with Crippen LogP contribution in [0.1, 0.15) is 5.56 Å². The minimum absolute atomic E-state index is 0.0936. The van der Waals surface area contributed by atoms with Gasteiger partial charge in [0.05, 0.1) is 21.3 Å². The molecule has 2 aromatic carbocycles. The van der Waals surface area contributed by atoms with Crippen LogP contribution in [-0.4, -0.2) is 0 Å². The Hall–Kier alpha value is -1.96. The van der Waals surface area contributed by atoms with Crippen LogP contribution in [0.5, 0.6) is 0 Å². The van der Waals surface area contributed by atoms with Crippen LogP contribution < -0.4 is 11.1 Å². The number of hydrogen-bond donors (Lipinski definition) is 2. The third-order valence-corrected chi connectivity index (χ3v) is 2.98. The Morgan fingerprint density at radius 3 is 2.37 bits per heavy atom. The largest absolute Gasteiger partial charge is 0.399 e. The lowest BCUT2D eigenvalue weighted by Crippen LogP contribution is -1.96. The number of halogens is 3. The Labute approximate surface area is 119 Å². The zero-order chi connectivity index (χ0) is 14.0. The van der Waals surface area contributed by atoms with E-state index in [4.69, 9.17) is 34.2 Å². The Morgan fingerprint density at radius 1 is 1.16 bits per heavy atom. The molecule has 0 unspecified atom stereocenters. The van der Waals surface area contributed by atoms with Crippen molar-refractivity contribution in [1.29, 1.82) is 5.26 Å². The predicted molar refractivity (Wildman–Crippen MR) is 75.3 cm³/mol. The van der Waals surface area contributed by atoms with Crippen LogP contribution in [-0.2, 0) is 0 Å². The second-order valence-electron chi connectivity index (χ2n) is 3.80. The predicted octanol–water partition coefficient (Wildman–Crippen LogP) is 4.33. The van der Waals surface area contributed by atoms with Crippen molar-refractivity contribution in [2.45, 2.75) is 0 Å². The molecule has 0 saturated carbocycles. The van der Waals surface area contributed by atoms with Gasteiger partial charge in [-0.25, -0.2) is 4.39 Å². The highest BCUT2D eigenvalue weighted by Gasteiger charge is 2.09. The van der Waals surface area contributed by atoms with Crippen LogP contribution in [0.3, 0.4) is 0 Å².